The molecule has 2 rings (SSSR count). The molecule has 3 nitrogen and oxygen atoms in total. The molecule has 0 saturated carbocycles. The van der Waals surface area contributed by atoms with Crippen molar-refractivity contribution in [1.29, 1.82) is 0 Å². The van der Waals surface area contributed by atoms with Crippen molar-refractivity contribution in [3.05, 3.63) is 41.0 Å². The minimum absolute atomic E-state index is 0.0315. The van der Waals surface area contributed by atoms with Gasteiger partial charge in [0.15, 0.2) is 5.78 Å². The largest absolute Gasteiger partial charge is 0.508 e. The topological polar surface area (TPSA) is 57.5 Å². The Bertz CT molecular complexity index is 549. The average Bonchev–Trinajstić information content (AvgIpc) is 2.23. The zero-order valence-electron chi connectivity index (χ0n) is 11.8. The van der Waals surface area contributed by atoms with Gasteiger partial charge < -0.3 is 10.2 Å². The van der Waals surface area contributed by atoms with Gasteiger partial charge in [0.2, 0.25) is 0 Å². The van der Waals surface area contributed by atoms with E-state index in [0.29, 0.717) is 11.1 Å². The first-order valence-electron chi connectivity index (χ1n) is 6.42. The molecule has 3 heteroatoms. The molecule has 0 amide bonds. The number of allylic oxidation sites excluding steroid dienone is 1. The second-order valence-electron chi connectivity index (χ2n) is 6.12. The second kappa shape index (κ2) is 4.20. The lowest BCUT2D eigenvalue weighted by molar-refractivity contribution is -0.124. The van der Waals surface area contributed by atoms with E-state index in [2.05, 4.69) is 0 Å². The van der Waals surface area contributed by atoms with Crippen LogP contribution in [0.15, 0.2) is 29.8 Å². The third-order valence-corrected chi connectivity index (χ3v) is 4.02. The minimum atomic E-state index is -1.23. The molecular formula is C16H20O3. The Balaban J connectivity index is 2.68. The summed E-state index contributed by atoms with van der Waals surface area (Å²) in [7, 11) is 0. The first kappa shape index (κ1) is 13.8. The van der Waals surface area contributed by atoms with Crippen LogP contribution in [0.3, 0.4) is 0 Å². The van der Waals surface area contributed by atoms with Crippen LogP contribution in [0.5, 0.6) is 5.75 Å². The number of carbonyl (C=O) groups excluding carboxylic acids is 1. The lowest BCUT2D eigenvalue weighted by Crippen LogP contribution is -2.47. The average molecular weight is 260 g/mol. The lowest BCUT2D eigenvalue weighted by Gasteiger charge is -2.46. The van der Waals surface area contributed by atoms with Gasteiger partial charge >= 0.3 is 0 Å². The summed E-state index contributed by atoms with van der Waals surface area (Å²) < 4.78 is 0. The molecule has 1 aliphatic rings. The van der Waals surface area contributed by atoms with Crippen LogP contribution >= 0.6 is 0 Å². The van der Waals surface area contributed by atoms with Crippen molar-refractivity contribution in [3.63, 3.8) is 0 Å². The van der Waals surface area contributed by atoms with Crippen LogP contribution in [0.25, 0.3) is 0 Å². The monoisotopic (exact) mass is 260 g/mol. The molecule has 0 spiro atoms. The van der Waals surface area contributed by atoms with E-state index in [-0.39, 0.29) is 18.0 Å². The van der Waals surface area contributed by atoms with Gasteiger partial charge in [-0.15, -0.1) is 0 Å². The molecule has 0 bridgehead atoms. The van der Waals surface area contributed by atoms with Crippen LogP contribution in [0.2, 0.25) is 0 Å². The second-order valence-corrected chi connectivity index (χ2v) is 6.12. The summed E-state index contributed by atoms with van der Waals surface area (Å²) in [6.07, 6.45) is 1.79. The minimum Gasteiger partial charge on any atom is -0.508 e. The van der Waals surface area contributed by atoms with Crippen LogP contribution in [0.1, 0.15) is 38.3 Å². The van der Waals surface area contributed by atoms with E-state index < -0.39 is 11.0 Å². The van der Waals surface area contributed by atoms with Crippen LogP contribution in [0.4, 0.5) is 0 Å². The van der Waals surface area contributed by atoms with Crippen LogP contribution < -0.4 is 0 Å². The molecule has 1 unspecified atom stereocenters. The molecule has 1 aliphatic carbocycles. The summed E-state index contributed by atoms with van der Waals surface area (Å²) in [5.74, 6) is 0.160. The number of carbonyl (C=O) groups is 1. The molecular weight excluding hydrogens is 240 g/mol. The molecule has 0 saturated heterocycles. The number of hydrogen-bond acceptors (Lipinski definition) is 3. The summed E-state index contributed by atoms with van der Waals surface area (Å²) in [5, 5.41) is 20.9. The van der Waals surface area contributed by atoms with Gasteiger partial charge in [-0.3, -0.25) is 4.79 Å². The lowest BCUT2D eigenvalue weighted by atomic mass is 9.62. The molecule has 102 valence electrons. The molecule has 1 aromatic carbocycles. The molecule has 1 atom stereocenters. The Morgan fingerprint density at radius 2 is 1.79 bits per heavy atom. The highest BCUT2D eigenvalue weighted by Gasteiger charge is 2.49. The summed E-state index contributed by atoms with van der Waals surface area (Å²) in [6, 6.07) is 5.07. The predicted molar refractivity (Wildman–Crippen MR) is 73.9 cm³/mol. The molecule has 2 N–H and O–H groups in total. The summed E-state index contributed by atoms with van der Waals surface area (Å²) in [6.45, 7) is 7.38. The molecule has 0 fully saturated rings. The van der Waals surface area contributed by atoms with Crippen molar-refractivity contribution in [2.45, 2.75) is 39.7 Å². The Hall–Kier alpha value is -1.61. The van der Waals surface area contributed by atoms with Gasteiger partial charge in [0.1, 0.15) is 11.4 Å². The Labute approximate surface area is 113 Å². The molecule has 0 radical (unpaired) electrons. The number of aliphatic hydroxyl groups is 1. The number of ketones is 1. The third-order valence-electron chi connectivity index (χ3n) is 4.02. The number of rotatable bonds is 1. The fraction of sp³-hybridized carbons (Fsp3) is 0.438. The molecule has 0 heterocycles. The fourth-order valence-electron chi connectivity index (χ4n) is 3.08. The normalized spacial score (nSPS) is 26.2. The molecule has 0 aliphatic heterocycles. The number of phenolic OH excluding ortho intramolecular Hbond substituents is 1. The van der Waals surface area contributed by atoms with E-state index in [1.807, 2.05) is 26.8 Å². The first-order valence-corrected chi connectivity index (χ1v) is 6.42. The molecule has 1 aromatic rings. The summed E-state index contributed by atoms with van der Waals surface area (Å²) >= 11 is 0. The molecule has 0 aromatic heterocycles. The van der Waals surface area contributed by atoms with E-state index in [4.69, 9.17) is 0 Å². The Morgan fingerprint density at radius 1 is 1.16 bits per heavy atom. The van der Waals surface area contributed by atoms with E-state index in [1.165, 1.54) is 6.08 Å². The highest BCUT2D eigenvalue weighted by atomic mass is 16.3. The summed E-state index contributed by atoms with van der Waals surface area (Å²) in [4.78, 5) is 11.7. The third kappa shape index (κ3) is 2.08. The van der Waals surface area contributed by atoms with Crippen molar-refractivity contribution < 1.29 is 15.0 Å². The number of phenols is 1. The van der Waals surface area contributed by atoms with E-state index in [1.54, 1.807) is 19.1 Å². The number of hydrogen-bond donors (Lipinski definition) is 2. The van der Waals surface area contributed by atoms with Crippen molar-refractivity contribution in [1.82, 2.24) is 0 Å². The van der Waals surface area contributed by atoms with Crippen molar-refractivity contribution >= 4 is 5.78 Å². The van der Waals surface area contributed by atoms with Gasteiger partial charge in [-0.2, -0.15) is 0 Å². The Morgan fingerprint density at radius 3 is 2.32 bits per heavy atom. The van der Waals surface area contributed by atoms with Gasteiger partial charge in [-0.25, -0.2) is 0 Å². The van der Waals surface area contributed by atoms with Gasteiger partial charge in [0.05, 0.1) is 0 Å². The fourth-order valence-corrected chi connectivity index (χ4v) is 3.08. The maximum Gasteiger partial charge on any atom is 0.156 e. The zero-order valence-corrected chi connectivity index (χ0v) is 11.8. The van der Waals surface area contributed by atoms with E-state index >= 15 is 0 Å². The first-order chi connectivity index (χ1) is 8.66. The predicted octanol–water partition coefficient (Wildman–Crippen LogP) is 2.83. The summed E-state index contributed by atoms with van der Waals surface area (Å²) in [5.41, 5.74) is 0.298. The maximum absolute atomic E-state index is 11.7. The van der Waals surface area contributed by atoms with Gasteiger partial charge in [0, 0.05) is 11.8 Å². The zero-order chi connectivity index (χ0) is 14.4. The molecule has 19 heavy (non-hydrogen) atoms. The van der Waals surface area contributed by atoms with Gasteiger partial charge in [-0.1, -0.05) is 19.9 Å². The van der Waals surface area contributed by atoms with Crippen LogP contribution in [0, 0.1) is 12.3 Å². The van der Waals surface area contributed by atoms with E-state index in [9.17, 15) is 15.0 Å². The van der Waals surface area contributed by atoms with Crippen molar-refractivity contribution in [3.8, 4) is 5.75 Å². The number of aryl methyl sites for hydroxylation is 1. The van der Waals surface area contributed by atoms with Crippen LogP contribution in [-0.2, 0) is 10.4 Å². The maximum atomic E-state index is 11.7. The van der Waals surface area contributed by atoms with Gasteiger partial charge in [0.25, 0.3) is 0 Å². The van der Waals surface area contributed by atoms with Gasteiger partial charge in [-0.05, 0) is 48.8 Å². The number of benzene rings is 1. The highest BCUT2D eigenvalue weighted by molar-refractivity contribution is 5.92. The van der Waals surface area contributed by atoms with E-state index in [0.717, 1.165) is 5.56 Å². The number of aromatic hydroxyl groups is 1. The SMILES string of the molecule is CC1=CC(=O)CC(C)(C)C1(O)c1cc(C)cc(O)c1. The Kier molecular flexibility index (Phi) is 3.06. The highest BCUT2D eigenvalue weighted by Crippen LogP contribution is 2.50. The standard InChI is InChI=1S/C16H20O3/c1-10-5-12(8-13(17)6-10)16(19)11(2)7-14(18)9-15(16,3)4/h5-8,17,19H,9H2,1-4H3. The smallest absolute Gasteiger partial charge is 0.156 e. The van der Waals surface area contributed by atoms with Crippen LogP contribution in [-0.4, -0.2) is 16.0 Å². The quantitative estimate of drug-likeness (QED) is 0.816. The van der Waals surface area contributed by atoms with Crippen molar-refractivity contribution in [2.75, 3.05) is 0 Å². The van der Waals surface area contributed by atoms with Crippen molar-refractivity contribution in [2.24, 2.45) is 5.41 Å².